The predicted octanol–water partition coefficient (Wildman–Crippen LogP) is 4.43. The van der Waals surface area contributed by atoms with Gasteiger partial charge >= 0.3 is 5.69 Å². The van der Waals surface area contributed by atoms with Gasteiger partial charge in [0.2, 0.25) is 11.8 Å². The molecule has 57 heavy (non-hydrogen) atoms. The summed E-state index contributed by atoms with van der Waals surface area (Å²) in [4.78, 5) is 66.5. The SMILES string of the molecule is Cn1c(=O)n(C)c2c(N3CCOCC3)nc(-c3cccc4cc(-c5ccc(C(=O)NCC#Cc6ccc7occ(C8CCC(=O)NC8=O)c7c6)nc5)ncc34)cc21. The monoisotopic (exact) mass is 760 g/mol. The molecule has 284 valence electrons. The van der Waals surface area contributed by atoms with Gasteiger partial charge in [0.1, 0.15) is 16.8 Å². The van der Waals surface area contributed by atoms with Gasteiger partial charge in [-0.15, -0.1) is 0 Å². The van der Waals surface area contributed by atoms with Crippen LogP contribution < -0.4 is 21.2 Å². The zero-order valence-corrected chi connectivity index (χ0v) is 31.2. The van der Waals surface area contributed by atoms with E-state index in [0.29, 0.717) is 49.6 Å². The van der Waals surface area contributed by atoms with E-state index in [1.54, 1.807) is 47.8 Å². The quantitative estimate of drug-likeness (QED) is 0.183. The van der Waals surface area contributed by atoms with Gasteiger partial charge in [-0.05, 0) is 54.3 Å². The Morgan fingerprint density at radius 2 is 1.81 bits per heavy atom. The van der Waals surface area contributed by atoms with E-state index in [-0.39, 0.29) is 42.1 Å². The van der Waals surface area contributed by atoms with Gasteiger partial charge in [-0.2, -0.15) is 0 Å². The maximum absolute atomic E-state index is 13.0. The summed E-state index contributed by atoms with van der Waals surface area (Å²) in [5, 5.41) is 7.81. The van der Waals surface area contributed by atoms with Crippen molar-refractivity contribution >= 4 is 56.3 Å². The minimum atomic E-state index is -0.469. The molecule has 2 aromatic carbocycles. The first-order valence-electron chi connectivity index (χ1n) is 18.6. The van der Waals surface area contributed by atoms with Gasteiger partial charge < -0.3 is 19.4 Å². The number of pyridine rings is 3. The van der Waals surface area contributed by atoms with Gasteiger partial charge in [-0.1, -0.05) is 30.0 Å². The fourth-order valence-electron chi connectivity index (χ4n) is 7.63. The number of ether oxygens (including phenoxy) is 1. The summed E-state index contributed by atoms with van der Waals surface area (Å²) >= 11 is 0. The zero-order chi connectivity index (χ0) is 39.2. The lowest BCUT2D eigenvalue weighted by molar-refractivity contribution is -0.134. The number of amides is 3. The lowest BCUT2D eigenvalue weighted by Gasteiger charge is -2.29. The van der Waals surface area contributed by atoms with Gasteiger partial charge in [0.05, 0.1) is 48.8 Å². The first-order valence-corrected chi connectivity index (χ1v) is 18.6. The molecule has 3 amide bonds. The molecule has 7 heterocycles. The second kappa shape index (κ2) is 14.5. The van der Waals surface area contributed by atoms with Crippen LogP contribution in [0.15, 0.2) is 88.5 Å². The Hall–Kier alpha value is -7.11. The Morgan fingerprint density at radius 1 is 0.947 bits per heavy atom. The molecule has 9 rings (SSSR count). The number of anilines is 1. The molecular weight excluding hydrogens is 725 g/mol. The number of rotatable bonds is 6. The van der Waals surface area contributed by atoms with Gasteiger partial charge in [-0.3, -0.25) is 38.8 Å². The molecule has 2 aliphatic heterocycles. The Balaban J connectivity index is 0.907. The van der Waals surface area contributed by atoms with Crippen molar-refractivity contribution in [2.75, 3.05) is 37.7 Å². The number of morpholine rings is 1. The number of hydrogen-bond donors (Lipinski definition) is 2. The summed E-state index contributed by atoms with van der Waals surface area (Å²) < 4.78 is 14.6. The van der Waals surface area contributed by atoms with E-state index < -0.39 is 5.92 Å². The fourth-order valence-corrected chi connectivity index (χ4v) is 7.63. The fraction of sp³-hybridized carbons (Fsp3) is 0.233. The van der Waals surface area contributed by atoms with Gasteiger partial charge in [0.25, 0.3) is 5.91 Å². The molecule has 0 bridgehead atoms. The number of imidazole rings is 1. The van der Waals surface area contributed by atoms with Gasteiger partial charge in [-0.25, -0.2) is 9.78 Å². The number of imide groups is 1. The van der Waals surface area contributed by atoms with E-state index in [1.807, 2.05) is 54.7 Å². The Bertz CT molecular complexity index is 2890. The van der Waals surface area contributed by atoms with Crippen LogP contribution in [0.1, 0.15) is 40.4 Å². The minimum absolute atomic E-state index is 0.0938. The second-order valence-electron chi connectivity index (χ2n) is 14.1. The number of carbonyl (C=O) groups excluding carboxylic acids is 3. The highest BCUT2D eigenvalue weighted by Gasteiger charge is 2.30. The lowest BCUT2D eigenvalue weighted by atomic mass is 9.90. The first kappa shape index (κ1) is 35.6. The third-order valence-electron chi connectivity index (χ3n) is 10.7. The maximum atomic E-state index is 13.0. The summed E-state index contributed by atoms with van der Waals surface area (Å²) in [5.41, 5.74) is 6.84. The molecule has 7 aromatic rings. The first-order chi connectivity index (χ1) is 27.7. The number of hydrogen-bond acceptors (Lipinski definition) is 10. The van der Waals surface area contributed by atoms with Crippen molar-refractivity contribution in [1.82, 2.24) is 34.7 Å². The van der Waals surface area contributed by atoms with Crippen molar-refractivity contribution in [2.24, 2.45) is 14.1 Å². The van der Waals surface area contributed by atoms with Gasteiger partial charge in [0.15, 0.2) is 5.82 Å². The summed E-state index contributed by atoms with van der Waals surface area (Å²) in [6, 6.07) is 18.9. The minimum Gasteiger partial charge on any atom is -0.464 e. The number of carbonyl (C=O) groups is 3. The van der Waals surface area contributed by atoms with E-state index in [9.17, 15) is 19.2 Å². The van der Waals surface area contributed by atoms with Crippen LogP contribution >= 0.6 is 0 Å². The van der Waals surface area contributed by atoms with Crippen LogP contribution in [0.4, 0.5) is 5.82 Å². The molecule has 0 radical (unpaired) electrons. The number of piperidine rings is 1. The standard InChI is InChI=1S/C43H36N8O6/c1-49-36-21-35(47-40(39(36)50(2)43(49)55)51-15-17-56-18-16-51)28-7-3-6-26-20-34(46-23-31(26)28)27-9-11-33(45-22-27)42(54)44-14-4-5-25-8-12-37-30(19-25)32(24-57-37)29-10-13-38(52)48-41(29)53/h3,6-9,11-12,19-24,29H,10,13-18H2,1-2H3,(H,44,54)(H,48,52,53). The molecule has 1 atom stereocenters. The van der Waals surface area contributed by atoms with E-state index in [0.717, 1.165) is 55.4 Å². The number of benzene rings is 2. The molecule has 2 N–H and O–H groups in total. The molecule has 0 spiro atoms. The van der Waals surface area contributed by atoms with Crippen molar-refractivity contribution in [3.8, 4) is 34.4 Å². The number of furan rings is 1. The molecule has 0 saturated carbocycles. The molecule has 2 saturated heterocycles. The molecular formula is C43H36N8O6. The molecule has 0 aliphatic carbocycles. The van der Waals surface area contributed by atoms with Crippen molar-refractivity contribution in [1.29, 1.82) is 0 Å². The Kier molecular flexibility index (Phi) is 9.06. The molecule has 2 fully saturated rings. The van der Waals surface area contributed by atoms with E-state index in [1.165, 1.54) is 0 Å². The van der Waals surface area contributed by atoms with Crippen LogP contribution in [0.3, 0.4) is 0 Å². The molecule has 14 heteroatoms. The smallest absolute Gasteiger partial charge is 0.328 e. The Labute approximate surface area is 325 Å². The van der Waals surface area contributed by atoms with Crippen molar-refractivity contribution in [3.63, 3.8) is 0 Å². The average molecular weight is 761 g/mol. The van der Waals surface area contributed by atoms with Crippen molar-refractivity contribution in [3.05, 3.63) is 107 Å². The van der Waals surface area contributed by atoms with Crippen LogP contribution in [0.5, 0.6) is 0 Å². The largest absolute Gasteiger partial charge is 0.464 e. The van der Waals surface area contributed by atoms with E-state index in [2.05, 4.69) is 32.4 Å². The third-order valence-corrected chi connectivity index (χ3v) is 10.7. The summed E-state index contributed by atoms with van der Waals surface area (Å²) in [5.74, 6) is 5.35. The average Bonchev–Trinajstić information content (AvgIpc) is 3.75. The lowest BCUT2D eigenvalue weighted by Crippen LogP contribution is -2.39. The molecule has 14 nitrogen and oxygen atoms in total. The molecule has 5 aromatic heterocycles. The third kappa shape index (κ3) is 6.57. The number of aromatic nitrogens is 5. The van der Waals surface area contributed by atoms with Crippen LogP contribution in [0.25, 0.3) is 55.3 Å². The maximum Gasteiger partial charge on any atom is 0.328 e. The summed E-state index contributed by atoms with van der Waals surface area (Å²) in [7, 11) is 3.55. The Morgan fingerprint density at radius 3 is 2.61 bits per heavy atom. The van der Waals surface area contributed by atoms with Crippen LogP contribution in [-0.2, 0) is 28.4 Å². The zero-order valence-electron chi connectivity index (χ0n) is 31.2. The summed E-state index contributed by atoms with van der Waals surface area (Å²) in [6.07, 6.45) is 5.70. The van der Waals surface area contributed by atoms with Gasteiger partial charge in [0, 0.05) is 79.0 Å². The van der Waals surface area contributed by atoms with Crippen LogP contribution in [0.2, 0.25) is 0 Å². The number of aryl methyl sites for hydroxylation is 2. The number of nitrogens with one attached hydrogen (secondary N) is 2. The number of fused-ring (bicyclic) bond motifs is 3. The molecule has 2 aliphatic rings. The van der Waals surface area contributed by atoms with Crippen molar-refractivity contribution in [2.45, 2.75) is 18.8 Å². The van der Waals surface area contributed by atoms with Crippen molar-refractivity contribution < 1.29 is 23.5 Å². The van der Waals surface area contributed by atoms with Crippen LogP contribution in [0, 0.1) is 11.8 Å². The van der Waals surface area contributed by atoms with Crippen LogP contribution in [-0.4, -0.2) is 74.7 Å². The topological polar surface area (TPSA) is 166 Å². The number of nitrogens with zero attached hydrogens (tertiary/aromatic N) is 6. The van der Waals surface area contributed by atoms with E-state index in [4.69, 9.17) is 19.1 Å². The summed E-state index contributed by atoms with van der Waals surface area (Å²) in [6.45, 7) is 2.64. The second-order valence-corrected chi connectivity index (χ2v) is 14.1. The normalized spacial score (nSPS) is 15.8. The van der Waals surface area contributed by atoms with E-state index >= 15 is 0 Å². The molecule has 1 unspecified atom stereocenters. The highest BCUT2D eigenvalue weighted by atomic mass is 16.5. The highest BCUT2D eigenvalue weighted by molar-refractivity contribution is 6.03. The predicted molar refractivity (Wildman–Crippen MR) is 214 cm³/mol. The highest BCUT2D eigenvalue weighted by Crippen LogP contribution is 2.35.